The van der Waals surface area contributed by atoms with Gasteiger partial charge in [-0.3, -0.25) is 0 Å². The van der Waals surface area contributed by atoms with E-state index in [0.717, 1.165) is 11.9 Å². The molecular weight excluding hydrogens is 401 g/mol. The number of nitrogens with zero attached hydrogens (tertiary/aromatic N) is 2. The van der Waals surface area contributed by atoms with Crippen molar-refractivity contribution in [2.24, 2.45) is 0 Å². The number of benzene rings is 1. The molecule has 27 heavy (non-hydrogen) atoms. The number of nitrogens with one attached hydrogen (secondary N) is 1. The van der Waals surface area contributed by atoms with Crippen LogP contribution in [0.5, 0.6) is 5.75 Å². The molecule has 5 nitrogen and oxygen atoms in total. The van der Waals surface area contributed by atoms with Crippen LogP contribution < -0.4 is 15.2 Å². The summed E-state index contributed by atoms with van der Waals surface area (Å²) < 4.78 is 45.0. The minimum Gasteiger partial charge on any atom is -0.405 e. The Balaban J connectivity index is 1.88. The van der Waals surface area contributed by atoms with Gasteiger partial charge in [0.2, 0.25) is 0 Å². The number of pyridine rings is 2. The van der Waals surface area contributed by atoms with Crippen LogP contribution in [0.4, 0.5) is 24.8 Å². The van der Waals surface area contributed by atoms with E-state index in [-0.39, 0.29) is 22.0 Å². The van der Waals surface area contributed by atoms with Gasteiger partial charge in [-0.15, -0.1) is 13.2 Å². The van der Waals surface area contributed by atoms with Crippen molar-refractivity contribution in [2.45, 2.75) is 11.4 Å². The number of rotatable bonds is 5. The summed E-state index contributed by atoms with van der Waals surface area (Å²) in [6, 6.07) is 13.9. The van der Waals surface area contributed by atoms with Gasteiger partial charge < -0.3 is 15.2 Å². The van der Waals surface area contributed by atoms with Crippen molar-refractivity contribution in [2.75, 3.05) is 10.5 Å². The highest BCUT2D eigenvalue weighted by Gasteiger charge is 2.32. The van der Waals surface area contributed by atoms with Gasteiger partial charge in [0.1, 0.15) is 22.4 Å². The molecule has 140 valence electrons. The van der Waals surface area contributed by atoms with E-state index in [4.69, 9.17) is 17.3 Å². The summed E-state index contributed by atoms with van der Waals surface area (Å²) in [7, 11) is 0. The summed E-state index contributed by atoms with van der Waals surface area (Å²) in [5.74, 6) is 0.358. The number of anilines is 2. The molecule has 0 aliphatic rings. The standard InChI is InChI=1S/C17H12ClF3N4OS/c18-11-8-9-14(25-27-15-7-3-6-13(22)23-15)24-16(11)10-4-1-2-5-12(10)26-17(19,20)21/h1-9H,(H2,22,23)(H,24,25). The Kier molecular flexibility index (Phi) is 5.62. The van der Waals surface area contributed by atoms with Gasteiger partial charge in [-0.05, 0) is 36.4 Å². The molecule has 0 aliphatic carbocycles. The fraction of sp³-hybridized carbons (Fsp3) is 0.0588. The number of ether oxygens (including phenoxy) is 1. The van der Waals surface area contributed by atoms with Gasteiger partial charge in [0.25, 0.3) is 0 Å². The molecule has 0 radical (unpaired) electrons. The number of hydrogen-bond donors (Lipinski definition) is 2. The number of aromatic nitrogens is 2. The lowest BCUT2D eigenvalue weighted by Gasteiger charge is -2.14. The van der Waals surface area contributed by atoms with Crippen LogP contribution in [-0.2, 0) is 0 Å². The lowest BCUT2D eigenvalue weighted by Crippen LogP contribution is -2.17. The van der Waals surface area contributed by atoms with Gasteiger partial charge in [-0.2, -0.15) is 0 Å². The largest absolute Gasteiger partial charge is 0.573 e. The molecule has 0 amide bonds. The average Bonchev–Trinajstić information content (AvgIpc) is 2.60. The third-order valence-corrected chi connectivity index (χ3v) is 4.27. The summed E-state index contributed by atoms with van der Waals surface area (Å²) >= 11 is 7.30. The van der Waals surface area contributed by atoms with Crippen molar-refractivity contribution < 1.29 is 17.9 Å². The molecule has 0 fully saturated rings. The first-order chi connectivity index (χ1) is 12.8. The van der Waals surface area contributed by atoms with Crippen LogP contribution in [0.2, 0.25) is 5.02 Å². The maximum Gasteiger partial charge on any atom is 0.573 e. The number of halogens is 4. The molecule has 0 atom stereocenters. The highest BCUT2D eigenvalue weighted by Crippen LogP contribution is 2.37. The van der Waals surface area contributed by atoms with Crippen molar-refractivity contribution in [3.63, 3.8) is 0 Å². The Morgan fingerprint density at radius 3 is 2.52 bits per heavy atom. The van der Waals surface area contributed by atoms with E-state index in [0.29, 0.717) is 16.7 Å². The van der Waals surface area contributed by atoms with Crippen molar-refractivity contribution in [3.8, 4) is 17.0 Å². The normalized spacial score (nSPS) is 11.3. The topological polar surface area (TPSA) is 73.1 Å². The maximum atomic E-state index is 12.6. The lowest BCUT2D eigenvalue weighted by atomic mass is 10.1. The van der Waals surface area contributed by atoms with Crippen molar-refractivity contribution in [1.82, 2.24) is 9.97 Å². The van der Waals surface area contributed by atoms with Crippen LogP contribution in [0, 0.1) is 0 Å². The first-order valence-corrected chi connectivity index (χ1v) is 8.68. The molecule has 0 aliphatic heterocycles. The van der Waals surface area contributed by atoms with Crippen LogP contribution in [0.3, 0.4) is 0 Å². The van der Waals surface area contributed by atoms with E-state index in [2.05, 4.69) is 19.4 Å². The van der Waals surface area contributed by atoms with Crippen LogP contribution in [-0.4, -0.2) is 16.3 Å². The quantitative estimate of drug-likeness (QED) is 0.547. The number of para-hydroxylation sites is 1. The van der Waals surface area contributed by atoms with Crippen molar-refractivity contribution >= 4 is 35.2 Å². The van der Waals surface area contributed by atoms with Gasteiger partial charge in [0.15, 0.2) is 0 Å². The van der Waals surface area contributed by atoms with E-state index in [1.165, 1.54) is 24.3 Å². The third kappa shape index (κ3) is 5.18. The summed E-state index contributed by atoms with van der Waals surface area (Å²) in [6.45, 7) is 0. The zero-order valence-electron chi connectivity index (χ0n) is 13.5. The molecule has 1 aromatic carbocycles. The van der Waals surface area contributed by atoms with Crippen LogP contribution in [0.25, 0.3) is 11.3 Å². The molecule has 0 unspecified atom stereocenters. The van der Waals surface area contributed by atoms with E-state index in [1.54, 1.807) is 30.3 Å². The molecule has 2 heterocycles. The monoisotopic (exact) mass is 412 g/mol. The molecule has 0 bridgehead atoms. The SMILES string of the molecule is Nc1cccc(SNc2ccc(Cl)c(-c3ccccc3OC(F)(F)F)n2)n1. The molecule has 10 heteroatoms. The molecule has 3 N–H and O–H groups in total. The van der Waals surface area contributed by atoms with E-state index >= 15 is 0 Å². The summed E-state index contributed by atoms with van der Waals surface area (Å²) in [6.07, 6.45) is -4.83. The molecule has 0 spiro atoms. The van der Waals surface area contributed by atoms with E-state index in [9.17, 15) is 13.2 Å². The second-order valence-corrected chi connectivity index (χ2v) is 6.41. The fourth-order valence-corrected chi connectivity index (χ4v) is 2.98. The molecule has 0 saturated heterocycles. The zero-order valence-corrected chi connectivity index (χ0v) is 15.1. The Morgan fingerprint density at radius 1 is 1.00 bits per heavy atom. The molecular formula is C17H12ClF3N4OS. The zero-order chi connectivity index (χ0) is 19.4. The predicted octanol–water partition coefficient (Wildman–Crippen LogP) is 5.40. The summed E-state index contributed by atoms with van der Waals surface area (Å²) in [5, 5.41) is 0.792. The van der Waals surface area contributed by atoms with Gasteiger partial charge in [0, 0.05) is 17.5 Å². The van der Waals surface area contributed by atoms with Gasteiger partial charge in [-0.1, -0.05) is 29.8 Å². The Labute approximate surface area is 161 Å². The van der Waals surface area contributed by atoms with Gasteiger partial charge in [-0.25, -0.2) is 9.97 Å². The fourth-order valence-electron chi connectivity index (χ4n) is 2.16. The lowest BCUT2D eigenvalue weighted by molar-refractivity contribution is -0.274. The van der Waals surface area contributed by atoms with Crippen LogP contribution in [0.15, 0.2) is 59.6 Å². The average molecular weight is 413 g/mol. The Bertz CT molecular complexity index is 955. The maximum absolute atomic E-state index is 12.6. The summed E-state index contributed by atoms with van der Waals surface area (Å²) in [5.41, 5.74) is 5.90. The van der Waals surface area contributed by atoms with Crippen LogP contribution in [0.1, 0.15) is 0 Å². The van der Waals surface area contributed by atoms with E-state index < -0.39 is 6.36 Å². The van der Waals surface area contributed by atoms with Gasteiger partial charge in [0.05, 0.1) is 10.7 Å². The molecule has 2 aromatic heterocycles. The first-order valence-electron chi connectivity index (χ1n) is 7.49. The van der Waals surface area contributed by atoms with E-state index in [1.807, 2.05) is 0 Å². The number of nitrogen functional groups attached to an aromatic ring is 1. The second-order valence-electron chi connectivity index (χ2n) is 5.18. The highest BCUT2D eigenvalue weighted by molar-refractivity contribution is 8.00. The molecule has 0 saturated carbocycles. The molecule has 3 aromatic rings. The van der Waals surface area contributed by atoms with Gasteiger partial charge >= 0.3 is 6.36 Å². The van der Waals surface area contributed by atoms with Crippen LogP contribution >= 0.6 is 23.5 Å². The predicted molar refractivity (Wildman–Crippen MR) is 99.5 cm³/mol. The van der Waals surface area contributed by atoms with Crippen molar-refractivity contribution in [1.29, 1.82) is 0 Å². The Hall–Kier alpha value is -2.65. The second kappa shape index (κ2) is 7.93. The number of nitrogens with two attached hydrogens (primary N) is 1. The summed E-state index contributed by atoms with van der Waals surface area (Å²) in [4.78, 5) is 8.42. The van der Waals surface area contributed by atoms with Crippen molar-refractivity contribution in [3.05, 3.63) is 59.6 Å². The molecule has 3 rings (SSSR count). The third-order valence-electron chi connectivity index (χ3n) is 3.22. The minimum atomic E-state index is -4.83. The number of hydrogen-bond acceptors (Lipinski definition) is 6. The highest BCUT2D eigenvalue weighted by atomic mass is 35.5. The smallest absolute Gasteiger partial charge is 0.405 e. The minimum absolute atomic E-state index is 0.121. The first kappa shape index (κ1) is 19.1. The Morgan fingerprint density at radius 2 is 1.78 bits per heavy atom. The number of alkyl halides is 3.